The first-order valence-electron chi connectivity index (χ1n) is 7.92. The van der Waals surface area contributed by atoms with Crippen molar-refractivity contribution < 1.29 is 14.3 Å². The molecular formula is C17H19N3O3. The second-order valence-corrected chi connectivity index (χ2v) is 5.87. The van der Waals surface area contributed by atoms with Crippen molar-refractivity contribution in [2.24, 2.45) is 0 Å². The first-order valence-corrected chi connectivity index (χ1v) is 7.92. The summed E-state index contributed by atoms with van der Waals surface area (Å²) < 4.78 is 13.3. The van der Waals surface area contributed by atoms with E-state index in [0.717, 1.165) is 18.5 Å². The van der Waals surface area contributed by atoms with E-state index in [0.29, 0.717) is 32.0 Å². The topological polar surface area (TPSA) is 56.6 Å². The summed E-state index contributed by atoms with van der Waals surface area (Å²) in [4.78, 5) is 18.9. The zero-order valence-electron chi connectivity index (χ0n) is 12.9. The van der Waals surface area contributed by atoms with Gasteiger partial charge in [-0.1, -0.05) is 0 Å². The fourth-order valence-corrected chi connectivity index (χ4v) is 3.27. The molecule has 2 aliphatic heterocycles. The van der Waals surface area contributed by atoms with Gasteiger partial charge in [-0.15, -0.1) is 0 Å². The fraction of sp³-hybridized carbons (Fsp3) is 0.412. The predicted molar refractivity (Wildman–Crippen MR) is 83.3 cm³/mol. The van der Waals surface area contributed by atoms with Crippen molar-refractivity contribution in [3.8, 4) is 5.69 Å². The molecule has 2 saturated heterocycles. The Morgan fingerprint density at radius 3 is 2.61 bits per heavy atom. The standard InChI is InChI=1S/C17H19N3O3/c21-16(19-9-5-17(6-10-19)22-11-12-23-17)15-4-2-8-20(15)14-3-1-7-18-13-14/h1-4,7-8,13H,5-6,9-12H2. The lowest BCUT2D eigenvalue weighted by atomic mass is 10.0. The van der Waals surface area contributed by atoms with Crippen LogP contribution in [0.25, 0.3) is 5.69 Å². The maximum absolute atomic E-state index is 12.9. The highest BCUT2D eigenvalue weighted by atomic mass is 16.7. The Morgan fingerprint density at radius 2 is 1.91 bits per heavy atom. The van der Waals surface area contributed by atoms with Crippen molar-refractivity contribution in [3.63, 3.8) is 0 Å². The van der Waals surface area contributed by atoms with Crippen LogP contribution in [-0.2, 0) is 9.47 Å². The molecule has 1 amide bonds. The number of amides is 1. The molecule has 0 bridgehead atoms. The lowest BCUT2D eigenvalue weighted by Crippen LogP contribution is -2.47. The number of ether oxygens (including phenoxy) is 2. The minimum atomic E-state index is -0.456. The molecule has 2 aliphatic rings. The first kappa shape index (κ1) is 14.4. The molecule has 0 unspecified atom stereocenters. The summed E-state index contributed by atoms with van der Waals surface area (Å²) in [6.45, 7) is 2.60. The molecule has 0 N–H and O–H groups in total. The maximum atomic E-state index is 12.9. The summed E-state index contributed by atoms with van der Waals surface area (Å²) in [5.41, 5.74) is 1.54. The van der Waals surface area contributed by atoms with Gasteiger partial charge in [0.25, 0.3) is 5.91 Å². The Morgan fingerprint density at radius 1 is 1.13 bits per heavy atom. The SMILES string of the molecule is O=C(c1cccn1-c1cccnc1)N1CCC2(CC1)OCCO2. The van der Waals surface area contributed by atoms with Crippen molar-refractivity contribution in [1.29, 1.82) is 0 Å². The van der Waals surface area contributed by atoms with Gasteiger partial charge in [-0.2, -0.15) is 0 Å². The van der Waals surface area contributed by atoms with E-state index >= 15 is 0 Å². The van der Waals surface area contributed by atoms with Crippen LogP contribution < -0.4 is 0 Å². The molecule has 120 valence electrons. The first-order chi connectivity index (χ1) is 11.3. The van der Waals surface area contributed by atoms with Gasteiger partial charge in [0.15, 0.2) is 5.79 Å². The Hall–Kier alpha value is -2.18. The fourth-order valence-electron chi connectivity index (χ4n) is 3.27. The average molecular weight is 313 g/mol. The van der Waals surface area contributed by atoms with E-state index in [1.807, 2.05) is 39.9 Å². The van der Waals surface area contributed by atoms with E-state index in [2.05, 4.69) is 4.98 Å². The van der Waals surface area contributed by atoms with E-state index in [1.165, 1.54) is 0 Å². The van der Waals surface area contributed by atoms with Crippen LogP contribution in [0.5, 0.6) is 0 Å². The highest BCUT2D eigenvalue weighted by Crippen LogP contribution is 2.31. The molecule has 4 rings (SSSR count). The van der Waals surface area contributed by atoms with Gasteiger partial charge >= 0.3 is 0 Å². The Bertz CT molecular complexity index is 682. The van der Waals surface area contributed by atoms with Gasteiger partial charge < -0.3 is 18.9 Å². The van der Waals surface area contributed by atoms with Gasteiger partial charge in [0.2, 0.25) is 0 Å². The molecule has 23 heavy (non-hydrogen) atoms. The normalized spacial score (nSPS) is 20.1. The number of carbonyl (C=O) groups is 1. The van der Waals surface area contributed by atoms with Gasteiger partial charge in [-0.05, 0) is 24.3 Å². The van der Waals surface area contributed by atoms with Crippen molar-refractivity contribution in [3.05, 3.63) is 48.5 Å². The number of piperidine rings is 1. The zero-order chi connectivity index (χ0) is 15.7. The summed E-state index contributed by atoms with van der Waals surface area (Å²) in [6.07, 6.45) is 6.82. The molecule has 0 atom stereocenters. The molecule has 2 aromatic heterocycles. The summed E-state index contributed by atoms with van der Waals surface area (Å²) in [5, 5.41) is 0. The third-order valence-electron chi connectivity index (χ3n) is 4.52. The van der Waals surface area contributed by atoms with E-state index in [-0.39, 0.29) is 5.91 Å². The minimum absolute atomic E-state index is 0.0340. The van der Waals surface area contributed by atoms with E-state index in [4.69, 9.17) is 9.47 Å². The second kappa shape index (κ2) is 5.79. The molecule has 0 saturated carbocycles. The average Bonchev–Trinajstić information content (AvgIpc) is 3.26. The highest BCUT2D eigenvalue weighted by molar-refractivity contribution is 5.93. The minimum Gasteiger partial charge on any atom is -0.347 e. The molecule has 0 radical (unpaired) electrons. The van der Waals surface area contributed by atoms with E-state index in [9.17, 15) is 4.79 Å². The van der Waals surface area contributed by atoms with Crippen molar-refractivity contribution in [1.82, 2.24) is 14.5 Å². The molecule has 2 aromatic rings. The highest BCUT2D eigenvalue weighted by Gasteiger charge is 2.41. The molecule has 1 spiro atoms. The second-order valence-electron chi connectivity index (χ2n) is 5.87. The third-order valence-corrected chi connectivity index (χ3v) is 4.52. The van der Waals surface area contributed by atoms with E-state index < -0.39 is 5.79 Å². The van der Waals surface area contributed by atoms with Gasteiger partial charge in [-0.3, -0.25) is 9.78 Å². The van der Waals surface area contributed by atoms with Crippen LogP contribution in [0.1, 0.15) is 23.3 Å². The van der Waals surface area contributed by atoms with Gasteiger partial charge in [0.1, 0.15) is 5.69 Å². The molecule has 0 aliphatic carbocycles. The van der Waals surface area contributed by atoms with E-state index in [1.54, 1.807) is 12.4 Å². The summed E-state index contributed by atoms with van der Waals surface area (Å²) in [7, 11) is 0. The predicted octanol–water partition coefficient (Wildman–Crippen LogP) is 1.85. The zero-order valence-corrected chi connectivity index (χ0v) is 12.9. The number of rotatable bonds is 2. The number of aromatic nitrogens is 2. The quantitative estimate of drug-likeness (QED) is 0.849. The Labute approximate surface area is 134 Å². The van der Waals surface area contributed by atoms with Crippen LogP contribution in [0, 0.1) is 0 Å². The molecule has 2 fully saturated rings. The number of hydrogen-bond acceptors (Lipinski definition) is 4. The van der Waals surface area contributed by atoms with Crippen LogP contribution in [0.4, 0.5) is 0 Å². The molecule has 6 heteroatoms. The van der Waals surface area contributed by atoms with Gasteiger partial charge in [-0.25, -0.2) is 0 Å². The smallest absolute Gasteiger partial charge is 0.270 e. The summed E-state index contributed by atoms with van der Waals surface area (Å²) in [6, 6.07) is 7.54. The van der Waals surface area contributed by atoms with Crippen LogP contribution in [0.2, 0.25) is 0 Å². The maximum Gasteiger partial charge on any atom is 0.270 e. The van der Waals surface area contributed by atoms with Crippen LogP contribution in [-0.4, -0.2) is 52.4 Å². The molecule has 6 nitrogen and oxygen atoms in total. The molecule has 0 aromatic carbocycles. The number of pyridine rings is 1. The Balaban J connectivity index is 1.51. The third kappa shape index (κ3) is 2.64. The molecule has 4 heterocycles. The monoisotopic (exact) mass is 313 g/mol. The number of hydrogen-bond donors (Lipinski definition) is 0. The van der Waals surface area contributed by atoms with Gasteiger partial charge in [0.05, 0.1) is 25.1 Å². The summed E-state index contributed by atoms with van der Waals surface area (Å²) in [5.74, 6) is -0.422. The lowest BCUT2D eigenvalue weighted by Gasteiger charge is -2.37. The largest absolute Gasteiger partial charge is 0.347 e. The number of likely N-dealkylation sites (tertiary alicyclic amines) is 1. The summed E-state index contributed by atoms with van der Waals surface area (Å²) >= 11 is 0. The van der Waals surface area contributed by atoms with Crippen molar-refractivity contribution in [2.45, 2.75) is 18.6 Å². The number of carbonyl (C=O) groups excluding carboxylic acids is 1. The van der Waals surface area contributed by atoms with Crippen LogP contribution >= 0.6 is 0 Å². The van der Waals surface area contributed by atoms with Crippen LogP contribution in [0.3, 0.4) is 0 Å². The van der Waals surface area contributed by atoms with Crippen LogP contribution in [0.15, 0.2) is 42.9 Å². The lowest BCUT2D eigenvalue weighted by molar-refractivity contribution is -0.181. The van der Waals surface area contributed by atoms with Gasteiger partial charge in [0, 0.05) is 38.3 Å². The Kier molecular flexibility index (Phi) is 3.63. The van der Waals surface area contributed by atoms with Crippen molar-refractivity contribution >= 4 is 5.91 Å². The number of nitrogens with zero attached hydrogens (tertiary/aromatic N) is 3. The van der Waals surface area contributed by atoms with Crippen molar-refractivity contribution in [2.75, 3.05) is 26.3 Å². The molecular weight excluding hydrogens is 294 g/mol.